The molecule has 0 spiro atoms. The van der Waals surface area contributed by atoms with E-state index in [2.05, 4.69) is 0 Å². The second-order valence-electron chi connectivity index (χ2n) is 6.85. The molecule has 3 N–H and O–H groups in total. The van der Waals surface area contributed by atoms with Crippen molar-refractivity contribution < 1.29 is 34.3 Å². The summed E-state index contributed by atoms with van der Waals surface area (Å²) in [6.45, 7) is 0.336. The molecule has 152 valence electrons. The first-order valence-corrected chi connectivity index (χ1v) is 9.03. The van der Waals surface area contributed by atoms with E-state index in [4.69, 9.17) is 18.9 Å². The normalized spacial score (nSPS) is 22.8. The van der Waals surface area contributed by atoms with Crippen molar-refractivity contribution in [2.24, 2.45) is 11.8 Å². The third-order valence-corrected chi connectivity index (χ3v) is 5.25. The molecule has 0 unspecified atom stereocenters. The number of aliphatic hydroxyl groups excluding tert-OH is 1. The van der Waals surface area contributed by atoms with Crippen LogP contribution in [0.2, 0.25) is 0 Å². The summed E-state index contributed by atoms with van der Waals surface area (Å²) >= 11 is 0. The van der Waals surface area contributed by atoms with Crippen LogP contribution in [0, 0.1) is 11.8 Å². The Labute approximate surface area is 164 Å². The molecule has 0 saturated carbocycles. The minimum Gasteiger partial charge on any atom is -0.504 e. The maximum Gasteiger partial charge on any atom is 0.160 e. The standard InChI is InChI=1S/C21H26O7/c1-25-18-9-12(4-6-16(18)22)8-14-15(11-28-21(14)27-3)20(24)13-5-7-17(23)19(10-13)26-2/h4-7,9-10,14-15,20-24H,8,11H2,1-3H3/t14-,15-,20-,21+/m0/s1. The Morgan fingerprint density at radius 2 is 1.64 bits per heavy atom. The van der Waals surface area contributed by atoms with Crippen LogP contribution < -0.4 is 9.47 Å². The van der Waals surface area contributed by atoms with E-state index < -0.39 is 12.4 Å². The molecule has 2 aromatic rings. The number of ether oxygens (including phenoxy) is 4. The van der Waals surface area contributed by atoms with Crippen LogP contribution in [-0.2, 0) is 15.9 Å². The minimum absolute atomic E-state index is 0.0172. The molecule has 0 aliphatic carbocycles. The lowest BCUT2D eigenvalue weighted by Gasteiger charge is -2.26. The summed E-state index contributed by atoms with van der Waals surface area (Å²) in [6, 6.07) is 9.97. The third-order valence-electron chi connectivity index (χ3n) is 5.25. The Morgan fingerprint density at radius 3 is 2.29 bits per heavy atom. The summed E-state index contributed by atoms with van der Waals surface area (Å²) in [6.07, 6.45) is -0.705. The van der Waals surface area contributed by atoms with Crippen molar-refractivity contribution in [3.05, 3.63) is 47.5 Å². The van der Waals surface area contributed by atoms with Crippen molar-refractivity contribution in [3.63, 3.8) is 0 Å². The predicted octanol–water partition coefficient (Wildman–Crippen LogP) is 2.63. The zero-order valence-corrected chi connectivity index (χ0v) is 16.2. The zero-order chi connectivity index (χ0) is 20.3. The Hall–Kier alpha value is -2.48. The lowest BCUT2D eigenvalue weighted by atomic mass is 9.82. The van der Waals surface area contributed by atoms with Gasteiger partial charge in [0.05, 0.1) is 26.9 Å². The van der Waals surface area contributed by atoms with Crippen LogP contribution in [0.1, 0.15) is 17.2 Å². The van der Waals surface area contributed by atoms with Gasteiger partial charge in [-0.15, -0.1) is 0 Å². The zero-order valence-electron chi connectivity index (χ0n) is 16.2. The summed E-state index contributed by atoms with van der Waals surface area (Å²) in [5.74, 6) is 0.450. The third kappa shape index (κ3) is 4.01. The summed E-state index contributed by atoms with van der Waals surface area (Å²) in [5, 5.41) is 30.6. The second-order valence-corrected chi connectivity index (χ2v) is 6.85. The summed E-state index contributed by atoms with van der Waals surface area (Å²) in [7, 11) is 4.54. The minimum atomic E-state index is -0.821. The number of rotatable bonds is 7. The van der Waals surface area contributed by atoms with Gasteiger partial charge in [0, 0.05) is 18.9 Å². The van der Waals surface area contributed by atoms with Gasteiger partial charge in [0.1, 0.15) is 0 Å². The van der Waals surface area contributed by atoms with E-state index in [1.165, 1.54) is 20.3 Å². The fraction of sp³-hybridized carbons (Fsp3) is 0.429. The van der Waals surface area contributed by atoms with Crippen molar-refractivity contribution in [2.75, 3.05) is 27.9 Å². The molecule has 3 rings (SSSR count). The Bertz CT molecular complexity index is 807. The molecule has 28 heavy (non-hydrogen) atoms. The average molecular weight is 390 g/mol. The highest BCUT2D eigenvalue weighted by Gasteiger charge is 2.42. The van der Waals surface area contributed by atoms with E-state index in [1.54, 1.807) is 31.4 Å². The van der Waals surface area contributed by atoms with Gasteiger partial charge in [-0.3, -0.25) is 0 Å². The van der Waals surface area contributed by atoms with Gasteiger partial charge in [-0.1, -0.05) is 12.1 Å². The van der Waals surface area contributed by atoms with Crippen LogP contribution in [0.4, 0.5) is 0 Å². The van der Waals surface area contributed by atoms with E-state index in [0.29, 0.717) is 30.1 Å². The van der Waals surface area contributed by atoms with Gasteiger partial charge in [0.15, 0.2) is 29.3 Å². The van der Waals surface area contributed by atoms with Gasteiger partial charge in [0.2, 0.25) is 0 Å². The smallest absolute Gasteiger partial charge is 0.160 e. The molecule has 1 fully saturated rings. The molecule has 0 radical (unpaired) electrons. The molecular weight excluding hydrogens is 364 g/mol. The Morgan fingerprint density at radius 1 is 1.00 bits per heavy atom. The molecule has 1 aliphatic heterocycles. The van der Waals surface area contributed by atoms with Crippen LogP contribution >= 0.6 is 0 Å². The van der Waals surface area contributed by atoms with Crippen molar-refractivity contribution in [1.29, 1.82) is 0 Å². The Balaban J connectivity index is 1.85. The van der Waals surface area contributed by atoms with Crippen LogP contribution in [0.5, 0.6) is 23.0 Å². The average Bonchev–Trinajstić information content (AvgIpc) is 3.11. The molecule has 1 saturated heterocycles. The fourth-order valence-corrected chi connectivity index (χ4v) is 3.72. The first kappa shape index (κ1) is 20.3. The topological polar surface area (TPSA) is 97.6 Å². The van der Waals surface area contributed by atoms with Gasteiger partial charge in [-0.25, -0.2) is 0 Å². The van der Waals surface area contributed by atoms with Gasteiger partial charge in [-0.2, -0.15) is 0 Å². The molecular formula is C21H26O7. The van der Waals surface area contributed by atoms with Gasteiger partial charge in [-0.05, 0) is 41.8 Å². The molecule has 2 aromatic carbocycles. The molecule has 0 amide bonds. The van der Waals surface area contributed by atoms with Crippen molar-refractivity contribution in [3.8, 4) is 23.0 Å². The predicted molar refractivity (Wildman–Crippen MR) is 102 cm³/mol. The number of phenolic OH excluding ortho intramolecular Hbond substituents is 2. The van der Waals surface area contributed by atoms with E-state index in [-0.39, 0.29) is 23.3 Å². The van der Waals surface area contributed by atoms with Crippen LogP contribution in [-0.4, -0.2) is 49.5 Å². The number of hydrogen-bond donors (Lipinski definition) is 3. The highest BCUT2D eigenvalue weighted by atomic mass is 16.7. The molecule has 7 nitrogen and oxygen atoms in total. The van der Waals surface area contributed by atoms with E-state index in [9.17, 15) is 15.3 Å². The van der Waals surface area contributed by atoms with Crippen LogP contribution in [0.3, 0.4) is 0 Å². The number of benzene rings is 2. The van der Waals surface area contributed by atoms with Gasteiger partial charge in [0.25, 0.3) is 0 Å². The Kier molecular flexibility index (Phi) is 6.28. The number of hydrogen-bond acceptors (Lipinski definition) is 7. The van der Waals surface area contributed by atoms with Gasteiger partial charge >= 0.3 is 0 Å². The second kappa shape index (κ2) is 8.68. The quantitative estimate of drug-likeness (QED) is 0.669. The van der Waals surface area contributed by atoms with Crippen molar-refractivity contribution in [2.45, 2.75) is 18.8 Å². The SMILES string of the molecule is COc1cc(C[C@@H]2[C@H](OC)OC[C@@H]2[C@@H](O)c2ccc(O)c(OC)c2)ccc1O. The maximum atomic E-state index is 11.0. The lowest BCUT2D eigenvalue weighted by molar-refractivity contribution is -0.110. The summed E-state index contributed by atoms with van der Waals surface area (Å²) in [4.78, 5) is 0. The van der Waals surface area contributed by atoms with Crippen molar-refractivity contribution >= 4 is 0 Å². The first-order chi connectivity index (χ1) is 13.5. The molecule has 7 heteroatoms. The maximum absolute atomic E-state index is 11.0. The number of phenols is 2. The van der Waals surface area contributed by atoms with E-state index in [1.807, 2.05) is 6.07 Å². The largest absolute Gasteiger partial charge is 0.504 e. The van der Waals surface area contributed by atoms with E-state index in [0.717, 1.165) is 5.56 Å². The van der Waals surface area contributed by atoms with Crippen LogP contribution in [0.25, 0.3) is 0 Å². The molecule has 1 aliphatic rings. The highest BCUT2D eigenvalue weighted by Crippen LogP contribution is 2.41. The van der Waals surface area contributed by atoms with Gasteiger partial charge < -0.3 is 34.3 Å². The van der Waals surface area contributed by atoms with E-state index >= 15 is 0 Å². The lowest BCUT2D eigenvalue weighted by Crippen LogP contribution is -2.28. The molecule has 1 heterocycles. The van der Waals surface area contributed by atoms with Crippen LogP contribution in [0.15, 0.2) is 36.4 Å². The molecule has 4 atom stereocenters. The number of aromatic hydroxyl groups is 2. The number of aliphatic hydroxyl groups is 1. The number of methoxy groups -OCH3 is 3. The molecule has 0 aromatic heterocycles. The van der Waals surface area contributed by atoms with Crippen molar-refractivity contribution in [1.82, 2.24) is 0 Å². The highest BCUT2D eigenvalue weighted by molar-refractivity contribution is 5.43. The first-order valence-electron chi connectivity index (χ1n) is 9.03. The molecule has 0 bridgehead atoms. The summed E-state index contributed by atoms with van der Waals surface area (Å²) in [5.41, 5.74) is 1.57. The summed E-state index contributed by atoms with van der Waals surface area (Å²) < 4.78 is 21.6. The monoisotopic (exact) mass is 390 g/mol. The fourth-order valence-electron chi connectivity index (χ4n) is 3.72.